The van der Waals surface area contributed by atoms with Crippen LogP contribution in [0.4, 0.5) is 24.5 Å². The van der Waals surface area contributed by atoms with E-state index >= 15 is 0 Å². The highest BCUT2D eigenvalue weighted by Gasteiger charge is 2.23. The second-order valence-electron chi connectivity index (χ2n) is 6.55. The van der Waals surface area contributed by atoms with Gasteiger partial charge in [-0.3, -0.25) is 4.79 Å². The highest BCUT2D eigenvalue weighted by Crippen LogP contribution is 2.35. The summed E-state index contributed by atoms with van der Waals surface area (Å²) < 4.78 is 43.6. The largest absolute Gasteiger partial charge is 0.477 e. The van der Waals surface area contributed by atoms with Crippen molar-refractivity contribution in [3.63, 3.8) is 0 Å². The maximum absolute atomic E-state index is 14.6. The van der Waals surface area contributed by atoms with E-state index in [0.717, 1.165) is 22.9 Å². The number of carboxylic acid groups (broad SMARTS) is 1. The van der Waals surface area contributed by atoms with Gasteiger partial charge in [0.1, 0.15) is 23.0 Å². The molecule has 0 aliphatic heterocycles. The molecule has 0 aliphatic carbocycles. The topological polar surface area (TPSA) is 118 Å². The lowest BCUT2D eigenvalue weighted by Gasteiger charge is -2.18. The molecule has 0 bridgehead atoms. The number of carbonyl (C=O) groups is 1. The molecule has 0 radical (unpaired) electrons. The molecular formula is C19H15ClF3N3O4. The summed E-state index contributed by atoms with van der Waals surface area (Å²) >= 11 is 6.29. The molecule has 30 heavy (non-hydrogen) atoms. The minimum Gasteiger partial charge on any atom is -0.477 e. The number of nitrogens with zero attached hydrogens (tertiary/aromatic N) is 1. The van der Waals surface area contributed by atoms with Crippen LogP contribution in [0.3, 0.4) is 0 Å². The number of nitrogens with two attached hydrogens (primary N) is 1. The summed E-state index contributed by atoms with van der Waals surface area (Å²) in [6.07, 6.45) is -0.0765. The number of aromatic nitrogens is 1. The van der Waals surface area contributed by atoms with E-state index in [1.165, 1.54) is 6.92 Å². The van der Waals surface area contributed by atoms with Gasteiger partial charge in [-0.15, -0.1) is 0 Å². The first-order chi connectivity index (χ1) is 14.0. The number of aromatic carboxylic acids is 1. The quantitative estimate of drug-likeness (QED) is 0.452. The summed E-state index contributed by atoms with van der Waals surface area (Å²) in [5.41, 5.74) is 2.29. The van der Waals surface area contributed by atoms with Crippen LogP contribution in [-0.2, 0) is 0 Å². The third kappa shape index (κ3) is 3.66. The van der Waals surface area contributed by atoms with E-state index in [2.05, 4.69) is 5.32 Å². The van der Waals surface area contributed by atoms with E-state index < -0.39 is 57.3 Å². The predicted octanol–water partition coefficient (Wildman–Crippen LogP) is 3.13. The molecule has 158 valence electrons. The van der Waals surface area contributed by atoms with Crippen LogP contribution < -0.4 is 16.5 Å². The fraction of sp³-hybridized carbons (Fsp3) is 0.158. The first kappa shape index (κ1) is 21.5. The molecule has 0 saturated heterocycles. The number of pyridine rings is 1. The molecule has 2 aromatic carbocycles. The summed E-state index contributed by atoms with van der Waals surface area (Å²) in [5, 5.41) is 20.5. The molecule has 11 heteroatoms. The fourth-order valence-corrected chi connectivity index (χ4v) is 3.26. The molecule has 7 nitrogen and oxygen atoms in total. The molecule has 0 saturated carbocycles. The smallest absolute Gasteiger partial charge is 0.341 e. The number of rotatable bonds is 5. The Morgan fingerprint density at radius 1 is 1.23 bits per heavy atom. The highest BCUT2D eigenvalue weighted by molar-refractivity contribution is 6.38. The number of carboxylic acids is 1. The monoisotopic (exact) mass is 441 g/mol. The standard InChI is InChI=1S/C19H15ClF3N3O4/c1-7(27)5-25-16-12(23)2-8-17(15(16)20)26(6-9(18(8)28)19(29)30)14-4-13(24)10(21)3-11(14)22/h2-4,6-7,25,27H,5,24H2,1H3,(H,29,30)/t7-/m0/s1. The molecule has 0 spiro atoms. The number of halogens is 4. The summed E-state index contributed by atoms with van der Waals surface area (Å²) in [6, 6.07) is 2.13. The Bertz CT molecular complexity index is 1240. The number of hydrogen-bond donors (Lipinski definition) is 4. The van der Waals surface area contributed by atoms with Crippen LogP contribution in [0.25, 0.3) is 16.6 Å². The average molecular weight is 442 g/mol. The van der Waals surface area contributed by atoms with Gasteiger partial charge in [0.25, 0.3) is 0 Å². The van der Waals surface area contributed by atoms with Gasteiger partial charge in [0.05, 0.1) is 39.1 Å². The second-order valence-corrected chi connectivity index (χ2v) is 6.92. The number of nitrogens with one attached hydrogen (secondary N) is 1. The van der Waals surface area contributed by atoms with Crippen LogP contribution in [-0.4, -0.2) is 33.4 Å². The first-order valence-electron chi connectivity index (χ1n) is 8.50. The Balaban J connectivity index is 2.47. The normalized spacial score (nSPS) is 12.2. The van der Waals surface area contributed by atoms with E-state index in [1.807, 2.05) is 0 Å². The van der Waals surface area contributed by atoms with Crippen molar-refractivity contribution >= 4 is 39.8 Å². The molecule has 0 unspecified atom stereocenters. The molecule has 1 aromatic heterocycles. The van der Waals surface area contributed by atoms with Gasteiger partial charge in [-0.25, -0.2) is 18.0 Å². The van der Waals surface area contributed by atoms with E-state index in [9.17, 15) is 33.0 Å². The van der Waals surface area contributed by atoms with E-state index in [4.69, 9.17) is 17.3 Å². The maximum Gasteiger partial charge on any atom is 0.341 e. The summed E-state index contributed by atoms with van der Waals surface area (Å²) in [5.74, 6) is -4.80. The zero-order chi connectivity index (χ0) is 22.3. The van der Waals surface area contributed by atoms with Crippen molar-refractivity contribution in [2.45, 2.75) is 13.0 Å². The lowest BCUT2D eigenvalue weighted by Crippen LogP contribution is -2.21. The lowest BCUT2D eigenvalue weighted by molar-refractivity contribution is 0.0695. The van der Waals surface area contributed by atoms with Gasteiger partial charge in [-0.2, -0.15) is 0 Å². The van der Waals surface area contributed by atoms with E-state index in [-0.39, 0.29) is 22.8 Å². The van der Waals surface area contributed by atoms with Crippen LogP contribution >= 0.6 is 11.6 Å². The first-order valence-corrected chi connectivity index (χ1v) is 8.88. The lowest BCUT2D eigenvalue weighted by atomic mass is 10.1. The van der Waals surface area contributed by atoms with Gasteiger partial charge in [0, 0.05) is 18.8 Å². The molecular weight excluding hydrogens is 427 g/mol. The van der Waals surface area contributed by atoms with Gasteiger partial charge in [0.2, 0.25) is 5.43 Å². The van der Waals surface area contributed by atoms with E-state index in [1.54, 1.807) is 0 Å². The van der Waals surface area contributed by atoms with Crippen molar-refractivity contribution in [1.82, 2.24) is 4.57 Å². The maximum atomic E-state index is 14.6. The van der Waals surface area contributed by atoms with Gasteiger partial charge in [-0.1, -0.05) is 11.6 Å². The van der Waals surface area contributed by atoms with Gasteiger partial charge >= 0.3 is 5.97 Å². The zero-order valence-electron chi connectivity index (χ0n) is 15.3. The molecule has 0 amide bonds. The van der Waals surface area contributed by atoms with Crippen molar-refractivity contribution in [2.24, 2.45) is 0 Å². The SMILES string of the molecule is C[C@H](O)CNc1c(F)cc2c(=O)c(C(=O)O)cn(-c3cc(N)c(F)cc3F)c2c1Cl. The number of aliphatic hydroxyl groups excluding tert-OH is 1. The van der Waals surface area contributed by atoms with Crippen LogP contribution in [0.1, 0.15) is 17.3 Å². The van der Waals surface area contributed by atoms with Crippen LogP contribution in [0.15, 0.2) is 29.2 Å². The third-order valence-electron chi connectivity index (χ3n) is 4.31. The van der Waals surface area contributed by atoms with Gasteiger partial charge in [0.15, 0.2) is 0 Å². The fourth-order valence-electron chi connectivity index (χ4n) is 2.91. The average Bonchev–Trinajstić information content (AvgIpc) is 2.65. The Labute approximate surface area is 172 Å². The summed E-state index contributed by atoms with van der Waals surface area (Å²) in [4.78, 5) is 24.1. The van der Waals surface area contributed by atoms with E-state index in [0.29, 0.717) is 6.07 Å². The minimum atomic E-state index is -1.64. The molecule has 1 heterocycles. The van der Waals surface area contributed by atoms with Crippen LogP contribution in [0.5, 0.6) is 0 Å². The number of aliphatic hydroxyl groups is 1. The Morgan fingerprint density at radius 3 is 2.50 bits per heavy atom. The zero-order valence-corrected chi connectivity index (χ0v) is 16.1. The number of fused-ring (bicyclic) bond motifs is 1. The van der Waals surface area contributed by atoms with Gasteiger partial charge in [-0.05, 0) is 19.1 Å². The molecule has 3 aromatic rings. The minimum absolute atomic E-state index is 0.0998. The molecule has 1 atom stereocenters. The predicted molar refractivity (Wildman–Crippen MR) is 106 cm³/mol. The van der Waals surface area contributed by atoms with Crippen LogP contribution in [0, 0.1) is 17.5 Å². The van der Waals surface area contributed by atoms with Gasteiger partial charge < -0.3 is 25.8 Å². The number of anilines is 2. The van der Waals surface area contributed by atoms with Crippen LogP contribution in [0.2, 0.25) is 5.02 Å². The van der Waals surface area contributed by atoms with Crippen molar-refractivity contribution in [3.05, 3.63) is 62.7 Å². The third-order valence-corrected chi connectivity index (χ3v) is 4.68. The Kier molecular flexibility index (Phi) is 5.64. The van der Waals surface area contributed by atoms with Crippen molar-refractivity contribution in [1.29, 1.82) is 0 Å². The number of hydrogen-bond acceptors (Lipinski definition) is 5. The highest BCUT2D eigenvalue weighted by atomic mass is 35.5. The Hall–Kier alpha value is -3.24. The van der Waals surface area contributed by atoms with Crippen molar-refractivity contribution in [3.8, 4) is 5.69 Å². The van der Waals surface area contributed by atoms with Crippen molar-refractivity contribution < 1.29 is 28.2 Å². The number of benzene rings is 2. The molecule has 0 fully saturated rings. The molecule has 5 N–H and O–H groups in total. The Morgan fingerprint density at radius 2 is 1.90 bits per heavy atom. The molecule has 0 aliphatic rings. The second kappa shape index (κ2) is 7.88. The molecule has 3 rings (SSSR count). The summed E-state index contributed by atoms with van der Waals surface area (Å²) in [7, 11) is 0. The number of nitrogen functional groups attached to an aromatic ring is 1. The summed E-state index contributed by atoms with van der Waals surface area (Å²) in [6.45, 7) is 1.34. The van der Waals surface area contributed by atoms with Crippen molar-refractivity contribution in [2.75, 3.05) is 17.6 Å².